The predicted molar refractivity (Wildman–Crippen MR) is 152 cm³/mol. The SMILES string of the molecule is CCCCCCCCCCCCCCCCCCCCCC(CCCCCCCCC)C(=O)O. The number of carboxylic acids is 1. The van der Waals surface area contributed by atoms with Crippen LogP contribution in [-0.2, 0) is 4.79 Å². The van der Waals surface area contributed by atoms with E-state index < -0.39 is 5.97 Å². The third kappa shape index (κ3) is 26.1. The molecule has 1 atom stereocenters. The molecule has 0 aromatic rings. The number of carboxylic acid groups (broad SMARTS) is 1. The van der Waals surface area contributed by atoms with Gasteiger partial charge in [-0.1, -0.05) is 181 Å². The van der Waals surface area contributed by atoms with Gasteiger partial charge in [0.2, 0.25) is 0 Å². The van der Waals surface area contributed by atoms with Gasteiger partial charge in [0.05, 0.1) is 5.92 Å². The molecular weight excluding hydrogens is 416 g/mol. The summed E-state index contributed by atoms with van der Waals surface area (Å²) in [6.07, 6.45) is 37.1. The highest BCUT2D eigenvalue weighted by molar-refractivity contribution is 5.69. The van der Waals surface area contributed by atoms with Crippen LogP contribution in [0.25, 0.3) is 0 Å². The second-order valence-corrected chi connectivity index (χ2v) is 11.1. The zero-order chi connectivity index (χ0) is 25.0. The zero-order valence-electron chi connectivity index (χ0n) is 23.7. The number of unbranched alkanes of at least 4 members (excludes halogenated alkanes) is 24. The molecular formula is C32H64O2. The molecule has 0 amide bonds. The molecule has 2 nitrogen and oxygen atoms in total. The summed E-state index contributed by atoms with van der Waals surface area (Å²) in [6, 6.07) is 0. The molecule has 0 aliphatic heterocycles. The van der Waals surface area contributed by atoms with Crippen molar-refractivity contribution in [1.82, 2.24) is 0 Å². The Balaban J connectivity index is 3.32. The van der Waals surface area contributed by atoms with Crippen molar-refractivity contribution < 1.29 is 9.90 Å². The lowest BCUT2D eigenvalue weighted by Gasteiger charge is -2.12. The fourth-order valence-corrected chi connectivity index (χ4v) is 5.21. The summed E-state index contributed by atoms with van der Waals surface area (Å²) in [7, 11) is 0. The van der Waals surface area contributed by atoms with Gasteiger partial charge in [0, 0.05) is 0 Å². The molecule has 0 aliphatic rings. The monoisotopic (exact) mass is 480 g/mol. The van der Waals surface area contributed by atoms with Crippen LogP contribution in [0, 0.1) is 5.92 Å². The maximum atomic E-state index is 11.5. The number of hydrogen-bond donors (Lipinski definition) is 1. The molecule has 1 N–H and O–H groups in total. The molecule has 0 rings (SSSR count). The number of rotatable bonds is 29. The minimum absolute atomic E-state index is 0.0959. The molecule has 0 aromatic carbocycles. The van der Waals surface area contributed by atoms with E-state index in [2.05, 4.69) is 13.8 Å². The number of aliphatic carboxylic acids is 1. The Bertz CT molecular complexity index is 392. The second kappa shape index (κ2) is 28.7. The van der Waals surface area contributed by atoms with E-state index in [1.807, 2.05) is 0 Å². The second-order valence-electron chi connectivity index (χ2n) is 11.1. The van der Waals surface area contributed by atoms with Crippen LogP contribution < -0.4 is 0 Å². The summed E-state index contributed by atoms with van der Waals surface area (Å²) in [5.74, 6) is -0.658. The first-order valence-electron chi connectivity index (χ1n) is 15.9. The van der Waals surface area contributed by atoms with Crippen molar-refractivity contribution in [2.24, 2.45) is 5.92 Å². The first-order valence-corrected chi connectivity index (χ1v) is 15.9. The van der Waals surface area contributed by atoms with Crippen LogP contribution in [0.5, 0.6) is 0 Å². The lowest BCUT2D eigenvalue weighted by Crippen LogP contribution is -2.13. The summed E-state index contributed by atoms with van der Waals surface area (Å²) >= 11 is 0. The Morgan fingerprint density at radius 1 is 0.412 bits per heavy atom. The fourth-order valence-electron chi connectivity index (χ4n) is 5.21. The molecule has 0 fully saturated rings. The maximum absolute atomic E-state index is 11.5. The average Bonchev–Trinajstić information content (AvgIpc) is 2.83. The van der Waals surface area contributed by atoms with E-state index in [-0.39, 0.29) is 5.92 Å². The quantitative estimate of drug-likeness (QED) is 0.108. The molecule has 2 heteroatoms. The molecule has 0 aliphatic carbocycles. The highest BCUT2D eigenvalue weighted by Gasteiger charge is 2.16. The van der Waals surface area contributed by atoms with Crippen molar-refractivity contribution in [3.05, 3.63) is 0 Å². The van der Waals surface area contributed by atoms with Crippen molar-refractivity contribution in [3.8, 4) is 0 Å². The van der Waals surface area contributed by atoms with Crippen molar-refractivity contribution >= 4 is 5.97 Å². The van der Waals surface area contributed by atoms with Crippen LogP contribution in [0.1, 0.15) is 194 Å². The molecule has 0 aromatic heterocycles. The predicted octanol–water partition coefficient (Wildman–Crippen LogP) is 11.6. The minimum Gasteiger partial charge on any atom is -0.481 e. The highest BCUT2D eigenvalue weighted by Crippen LogP contribution is 2.20. The smallest absolute Gasteiger partial charge is 0.306 e. The molecule has 0 bridgehead atoms. The first-order chi connectivity index (χ1) is 16.7. The van der Waals surface area contributed by atoms with E-state index in [0.29, 0.717) is 0 Å². The summed E-state index contributed by atoms with van der Waals surface area (Å²) < 4.78 is 0. The Morgan fingerprint density at radius 2 is 0.618 bits per heavy atom. The van der Waals surface area contributed by atoms with Gasteiger partial charge in [-0.3, -0.25) is 4.79 Å². The van der Waals surface area contributed by atoms with E-state index in [4.69, 9.17) is 0 Å². The minimum atomic E-state index is -0.562. The average molecular weight is 481 g/mol. The third-order valence-corrected chi connectivity index (χ3v) is 7.66. The maximum Gasteiger partial charge on any atom is 0.306 e. The van der Waals surface area contributed by atoms with Crippen LogP contribution in [0.2, 0.25) is 0 Å². The van der Waals surface area contributed by atoms with E-state index in [0.717, 1.165) is 25.7 Å². The van der Waals surface area contributed by atoms with Gasteiger partial charge in [0.15, 0.2) is 0 Å². The Hall–Kier alpha value is -0.530. The van der Waals surface area contributed by atoms with Gasteiger partial charge in [0.25, 0.3) is 0 Å². The number of hydrogen-bond acceptors (Lipinski definition) is 1. The van der Waals surface area contributed by atoms with E-state index in [1.54, 1.807) is 0 Å². The van der Waals surface area contributed by atoms with Gasteiger partial charge in [0.1, 0.15) is 0 Å². The Morgan fingerprint density at radius 3 is 0.824 bits per heavy atom. The van der Waals surface area contributed by atoms with Crippen molar-refractivity contribution in [3.63, 3.8) is 0 Å². The van der Waals surface area contributed by atoms with E-state index >= 15 is 0 Å². The zero-order valence-corrected chi connectivity index (χ0v) is 23.7. The number of carbonyl (C=O) groups is 1. The third-order valence-electron chi connectivity index (χ3n) is 7.66. The Kier molecular flexibility index (Phi) is 28.3. The molecule has 204 valence electrons. The molecule has 0 spiro atoms. The van der Waals surface area contributed by atoms with Crippen LogP contribution in [0.4, 0.5) is 0 Å². The standard InChI is InChI=1S/C32H64O2/c1-3-5-7-9-11-12-13-14-15-16-17-18-19-20-21-22-24-26-28-30-31(32(33)34)29-27-25-23-10-8-6-4-2/h31H,3-30H2,1-2H3,(H,33,34). The fraction of sp³-hybridized carbons (Fsp3) is 0.969. The molecule has 0 saturated heterocycles. The molecule has 0 radical (unpaired) electrons. The highest BCUT2D eigenvalue weighted by atomic mass is 16.4. The van der Waals surface area contributed by atoms with Gasteiger partial charge < -0.3 is 5.11 Å². The van der Waals surface area contributed by atoms with Crippen LogP contribution in [0.3, 0.4) is 0 Å². The topological polar surface area (TPSA) is 37.3 Å². The lowest BCUT2D eigenvalue weighted by atomic mass is 9.94. The lowest BCUT2D eigenvalue weighted by molar-refractivity contribution is -0.142. The van der Waals surface area contributed by atoms with Crippen molar-refractivity contribution in [1.29, 1.82) is 0 Å². The molecule has 0 saturated carbocycles. The Labute approximate surface area is 215 Å². The summed E-state index contributed by atoms with van der Waals surface area (Å²) in [5, 5.41) is 9.50. The van der Waals surface area contributed by atoms with Crippen LogP contribution in [-0.4, -0.2) is 11.1 Å². The van der Waals surface area contributed by atoms with Gasteiger partial charge in [-0.25, -0.2) is 0 Å². The van der Waals surface area contributed by atoms with Gasteiger partial charge in [-0.15, -0.1) is 0 Å². The van der Waals surface area contributed by atoms with Crippen molar-refractivity contribution in [2.75, 3.05) is 0 Å². The molecule has 1 unspecified atom stereocenters. The first kappa shape index (κ1) is 33.5. The van der Waals surface area contributed by atoms with Gasteiger partial charge >= 0.3 is 5.97 Å². The normalized spacial score (nSPS) is 12.3. The summed E-state index contributed by atoms with van der Waals surface area (Å²) in [4.78, 5) is 11.5. The summed E-state index contributed by atoms with van der Waals surface area (Å²) in [6.45, 7) is 4.54. The van der Waals surface area contributed by atoms with Crippen LogP contribution >= 0.6 is 0 Å². The largest absolute Gasteiger partial charge is 0.481 e. The summed E-state index contributed by atoms with van der Waals surface area (Å²) in [5.41, 5.74) is 0. The van der Waals surface area contributed by atoms with Crippen LogP contribution in [0.15, 0.2) is 0 Å². The van der Waals surface area contributed by atoms with Gasteiger partial charge in [-0.2, -0.15) is 0 Å². The van der Waals surface area contributed by atoms with E-state index in [9.17, 15) is 9.90 Å². The van der Waals surface area contributed by atoms with Gasteiger partial charge in [-0.05, 0) is 12.8 Å². The van der Waals surface area contributed by atoms with Crippen molar-refractivity contribution in [2.45, 2.75) is 194 Å². The molecule has 0 heterocycles. The van der Waals surface area contributed by atoms with E-state index in [1.165, 1.54) is 154 Å². The molecule has 34 heavy (non-hydrogen) atoms.